The molecule has 0 radical (unpaired) electrons. The number of piperidine rings is 1. The van der Waals surface area contributed by atoms with E-state index < -0.39 is 10.0 Å². The fraction of sp³-hybridized carbons (Fsp3) is 0.500. The highest BCUT2D eigenvalue weighted by Crippen LogP contribution is 2.37. The van der Waals surface area contributed by atoms with Gasteiger partial charge in [-0.1, -0.05) is 30.3 Å². The first-order valence-electron chi connectivity index (χ1n) is 14.9. The first kappa shape index (κ1) is 31.3. The lowest BCUT2D eigenvalue weighted by molar-refractivity contribution is 0.0542. The molecule has 1 N–H and O–H groups in total. The molecule has 0 bridgehead atoms. The number of benzene rings is 2. The van der Waals surface area contributed by atoms with E-state index in [0.29, 0.717) is 28.3 Å². The number of methoxy groups -OCH3 is 1. The van der Waals surface area contributed by atoms with Gasteiger partial charge in [-0.3, -0.25) is 4.90 Å². The maximum absolute atomic E-state index is 13.3. The number of aryl methyl sites for hydroxylation is 2. The highest BCUT2D eigenvalue weighted by molar-refractivity contribution is 7.89. The quantitative estimate of drug-likeness (QED) is 0.311. The van der Waals surface area contributed by atoms with Crippen LogP contribution >= 0.6 is 0 Å². The van der Waals surface area contributed by atoms with Crippen LogP contribution in [0.25, 0.3) is 0 Å². The summed E-state index contributed by atoms with van der Waals surface area (Å²) in [4.78, 5) is 14.0. The molecule has 0 saturated carbocycles. The van der Waals surface area contributed by atoms with Crippen LogP contribution in [-0.4, -0.2) is 99.1 Å². The first-order chi connectivity index (χ1) is 20.6. The summed E-state index contributed by atoms with van der Waals surface area (Å²) in [6.07, 6.45) is 3.61. The van der Waals surface area contributed by atoms with E-state index in [1.54, 1.807) is 39.3 Å². The molecular formula is C32H44N6O4S. The summed E-state index contributed by atoms with van der Waals surface area (Å²) in [7, 11) is 2.33. The molecule has 0 aliphatic carbocycles. The second kappa shape index (κ2) is 13.3. The fourth-order valence-corrected chi connectivity index (χ4v) is 8.17. The molecule has 3 aromatic rings. The van der Waals surface area contributed by atoms with E-state index in [4.69, 9.17) is 9.47 Å². The van der Waals surface area contributed by atoms with Gasteiger partial charge in [-0.25, -0.2) is 13.4 Å². The lowest BCUT2D eigenvalue weighted by atomic mass is 9.80. The zero-order chi connectivity index (χ0) is 30.6. The van der Waals surface area contributed by atoms with Crippen molar-refractivity contribution in [3.8, 4) is 11.8 Å². The molecule has 2 fully saturated rings. The van der Waals surface area contributed by atoms with Crippen molar-refractivity contribution in [1.29, 1.82) is 0 Å². The Bertz CT molecular complexity index is 1460. The largest absolute Gasteiger partial charge is 0.497 e. The number of hydrogen-bond acceptors (Lipinski definition) is 9. The smallest absolute Gasteiger partial charge is 0.316 e. The van der Waals surface area contributed by atoms with Gasteiger partial charge in [0.25, 0.3) is 0 Å². The van der Waals surface area contributed by atoms with E-state index >= 15 is 0 Å². The lowest BCUT2D eigenvalue weighted by Crippen LogP contribution is -2.56. The van der Waals surface area contributed by atoms with E-state index in [1.165, 1.54) is 9.87 Å². The van der Waals surface area contributed by atoms with Gasteiger partial charge in [0, 0.05) is 44.5 Å². The number of nitrogens with one attached hydrogen (secondary N) is 1. The van der Waals surface area contributed by atoms with Gasteiger partial charge in [-0.15, -0.1) is 0 Å². The summed E-state index contributed by atoms with van der Waals surface area (Å²) in [6, 6.07) is 16.5. The highest BCUT2D eigenvalue weighted by atomic mass is 32.2. The van der Waals surface area contributed by atoms with Crippen LogP contribution in [0.15, 0.2) is 59.6 Å². The molecule has 0 unspecified atom stereocenters. The monoisotopic (exact) mass is 608 g/mol. The van der Waals surface area contributed by atoms with Crippen LogP contribution in [0.3, 0.4) is 0 Å². The Balaban J connectivity index is 1.06. The molecule has 10 nitrogen and oxygen atoms in total. The van der Waals surface area contributed by atoms with E-state index in [-0.39, 0.29) is 30.7 Å². The first-order valence-corrected chi connectivity index (χ1v) is 16.4. The van der Waals surface area contributed by atoms with E-state index in [0.717, 1.165) is 44.7 Å². The average molecular weight is 609 g/mol. The SMILES string of the molecule is COc1cc(C)c(S(=O)(=O)N2CC(Oc3nccc(CNCCN4CCC(c5ccccc5)(N(C)C)CC4)n3)C2)c(C)c1. The Morgan fingerprint density at radius 2 is 1.72 bits per heavy atom. The number of ether oxygens (including phenoxy) is 2. The number of sulfonamides is 1. The van der Waals surface area contributed by atoms with Crippen LogP contribution in [0.1, 0.15) is 35.2 Å². The maximum atomic E-state index is 13.3. The Morgan fingerprint density at radius 1 is 1.05 bits per heavy atom. The molecule has 2 saturated heterocycles. The highest BCUT2D eigenvalue weighted by Gasteiger charge is 2.40. The maximum Gasteiger partial charge on any atom is 0.316 e. The van der Waals surface area contributed by atoms with Gasteiger partial charge in [0.15, 0.2) is 0 Å². The fourth-order valence-electron chi connectivity index (χ4n) is 6.26. The molecule has 3 heterocycles. The summed E-state index contributed by atoms with van der Waals surface area (Å²) in [5.41, 5.74) is 3.67. The Labute approximate surface area is 256 Å². The van der Waals surface area contributed by atoms with Crippen LogP contribution in [0.4, 0.5) is 0 Å². The van der Waals surface area contributed by atoms with Gasteiger partial charge in [0.2, 0.25) is 10.0 Å². The third kappa shape index (κ3) is 6.86. The van der Waals surface area contributed by atoms with Crippen molar-refractivity contribution in [2.24, 2.45) is 0 Å². The van der Waals surface area contributed by atoms with Crippen LogP contribution < -0.4 is 14.8 Å². The minimum atomic E-state index is -3.63. The standard InChI is InChI=1S/C32H44N6O4S/c1-24-19-28(41-5)20-25(2)30(24)43(39,40)38-22-29(23-38)42-31-34-14-11-27(35-31)21-33-15-18-37-16-12-32(13-17-37,36(3)4)26-9-7-6-8-10-26/h6-11,14,19-20,29,33H,12-13,15-18,21-23H2,1-5H3. The topological polar surface area (TPSA) is 100 Å². The Kier molecular flexibility index (Phi) is 9.67. The molecule has 0 amide bonds. The molecule has 1 aromatic heterocycles. The number of nitrogens with zero attached hydrogens (tertiary/aromatic N) is 5. The second-order valence-corrected chi connectivity index (χ2v) is 13.7. The van der Waals surface area contributed by atoms with Crippen molar-refractivity contribution < 1.29 is 17.9 Å². The number of aromatic nitrogens is 2. The van der Waals surface area contributed by atoms with E-state index in [9.17, 15) is 8.42 Å². The summed E-state index contributed by atoms with van der Waals surface area (Å²) < 4.78 is 39.2. The normalized spacial score (nSPS) is 18.0. The third-order valence-electron chi connectivity index (χ3n) is 8.81. The summed E-state index contributed by atoms with van der Waals surface area (Å²) >= 11 is 0. The molecule has 2 aliphatic rings. The van der Waals surface area contributed by atoms with Gasteiger partial charge >= 0.3 is 6.01 Å². The van der Waals surface area contributed by atoms with Crippen LogP contribution in [0.5, 0.6) is 11.8 Å². The minimum absolute atomic E-state index is 0.0950. The van der Waals surface area contributed by atoms with Crippen LogP contribution in [-0.2, 0) is 22.1 Å². The van der Waals surface area contributed by atoms with Crippen molar-refractivity contribution in [2.75, 3.05) is 60.5 Å². The summed E-state index contributed by atoms with van der Waals surface area (Å²) in [6.45, 7) is 8.67. The van der Waals surface area contributed by atoms with Crippen molar-refractivity contribution in [3.63, 3.8) is 0 Å². The Hall–Kier alpha value is -3.09. The van der Waals surface area contributed by atoms with Crippen LogP contribution in [0, 0.1) is 13.8 Å². The number of rotatable bonds is 12. The molecule has 2 aliphatic heterocycles. The predicted octanol–water partition coefficient (Wildman–Crippen LogP) is 3.20. The van der Waals surface area contributed by atoms with Crippen LogP contribution in [0.2, 0.25) is 0 Å². The zero-order valence-electron chi connectivity index (χ0n) is 25.9. The molecule has 0 atom stereocenters. The molecule has 0 spiro atoms. The molecule has 43 heavy (non-hydrogen) atoms. The summed E-state index contributed by atoms with van der Waals surface area (Å²) in [5.74, 6) is 0.645. The molecule has 5 rings (SSSR count). The third-order valence-corrected chi connectivity index (χ3v) is 10.9. The number of hydrogen-bond donors (Lipinski definition) is 1. The van der Waals surface area contributed by atoms with Crippen molar-refractivity contribution >= 4 is 10.0 Å². The molecular weight excluding hydrogens is 564 g/mol. The van der Waals surface area contributed by atoms with Gasteiger partial charge in [-0.05, 0) is 75.7 Å². The lowest BCUT2D eigenvalue weighted by Gasteiger charge is -2.46. The molecule has 11 heteroatoms. The van der Waals surface area contributed by atoms with E-state index in [2.05, 4.69) is 69.5 Å². The molecule has 2 aromatic carbocycles. The predicted molar refractivity (Wildman–Crippen MR) is 167 cm³/mol. The average Bonchev–Trinajstić information content (AvgIpc) is 2.97. The molecule has 232 valence electrons. The zero-order valence-corrected chi connectivity index (χ0v) is 26.7. The van der Waals surface area contributed by atoms with Crippen molar-refractivity contribution in [1.82, 2.24) is 29.4 Å². The summed E-state index contributed by atoms with van der Waals surface area (Å²) in [5, 5.41) is 3.50. The minimum Gasteiger partial charge on any atom is -0.497 e. The van der Waals surface area contributed by atoms with Gasteiger partial charge in [-0.2, -0.15) is 9.29 Å². The van der Waals surface area contributed by atoms with E-state index in [1.807, 2.05) is 6.07 Å². The second-order valence-electron chi connectivity index (χ2n) is 11.8. The number of likely N-dealkylation sites (tertiary alicyclic amines) is 1. The van der Waals surface area contributed by atoms with Gasteiger partial charge in [0.1, 0.15) is 11.9 Å². The van der Waals surface area contributed by atoms with Crippen molar-refractivity contribution in [3.05, 3.63) is 77.1 Å². The van der Waals surface area contributed by atoms with Gasteiger partial charge < -0.3 is 19.7 Å². The van der Waals surface area contributed by atoms with Gasteiger partial charge in [0.05, 0.1) is 30.8 Å². The Morgan fingerprint density at radius 3 is 2.35 bits per heavy atom. The van der Waals surface area contributed by atoms with Crippen molar-refractivity contribution in [2.45, 2.75) is 49.8 Å².